The van der Waals surface area contributed by atoms with Gasteiger partial charge in [-0.15, -0.1) is 0 Å². The zero-order chi connectivity index (χ0) is 23.4. The number of carboxylic acid groups (broad SMARTS) is 1. The minimum absolute atomic E-state index is 0.0457. The van der Waals surface area contributed by atoms with Gasteiger partial charge in [-0.25, -0.2) is 4.98 Å². The Bertz CT molecular complexity index is 950. The van der Waals surface area contributed by atoms with Crippen LogP contribution in [0.15, 0.2) is 36.5 Å². The molecule has 33 heavy (non-hydrogen) atoms. The Morgan fingerprint density at radius 3 is 2.55 bits per heavy atom. The lowest BCUT2D eigenvalue weighted by atomic mass is 10.1. The predicted molar refractivity (Wildman–Crippen MR) is 127 cm³/mol. The van der Waals surface area contributed by atoms with Gasteiger partial charge in [0.15, 0.2) is 0 Å². The first-order valence-electron chi connectivity index (χ1n) is 11.2. The maximum atomic E-state index is 11.3. The molecule has 1 aromatic carbocycles. The molecule has 2 saturated heterocycles. The summed E-state index contributed by atoms with van der Waals surface area (Å²) in [6.07, 6.45) is 4.37. The highest BCUT2D eigenvalue weighted by Gasteiger charge is 2.33. The van der Waals surface area contributed by atoms with Gasteiger partial charge in [0.2, 0.25) is 5.88 Å². The van der Waals surface area contributed by atoms with E-state index >= 15 is 0 Å². The van der Waals surface area contributed by atoms with Gasteiger partial charge < -0.3 is 29.1 Å². The van der Waals surface area contributed by atoms with Crippen LogP contribution in [-0.2, 0) is 9.53 Å². The van der Waals surface area contributed by atoms with Crippen molar-refractivity contribution in [3.8, 4) is 11.6 Å². The van der Waals surface area contributed by atoms with Crippen molar-refractivity contribution in [2.45, 2.75) is 43.9 Å². The number of anilines is 2. The lowest BCUT2D eigenvalue weighted by Gasteiger charge is -2.34. The number of rotatable bonds is 8. The average Bonchev–Trinajstić information content (AvgIpc) is 3.23. The van der Waals surface area contributed by atoms with Gasteiger partial charge in [0.25, 0.3) is 0 Å². The van der Waals surface area contributed by atoms with Crippen molar-refractivity contribution >= 4 is 28.9 Å². The maximum absolute atomic E-state index is 11.3. The van der Waals surface area contributed by atoms with Crippen molar-refractivity contribution in [3.05, 3.63) is 41.6 Å². The van der Waals surface area contributed by atoms with Gasteiger partial charge in [-0.05, 0) is 30.7 Å². The van der Waals surface area contributed by atoms with Gasteiger partial charge in [-0.1, -0.05) is 11.6 Å². The second-order valence-corrected chi connectivity index (χ2v) is 8.88. The van der Waals surface area contributed by atoms with E-state index < -0.39 is 5.97 Å². The van der Waals surface area contributed by atoms with Crippen LogP contribution in [0.1, 0.15) is 25.7 Å². The van der Waals surface area contributed by atoms with Crippen LogP contribution >= 0.6 is 11.6 Å². The summed E-state index contributed by atoms with van der Waals surface area (Å²) in [6.45, 7) is 2.35. The molecule has 2 atom stereocenters. The number of methoxy groups -OCH3 is 2. The minimum atomic E-state index is -0.792. The van der Waals surface area contributed by atoms with Crippen molar-refractivity contribution < 1.29 is 24.1 Å². The standard InChI is InChI=1S/C24H30ClN3O5/c1-31-20-11-17(12-24(29)30)28(15-20)16-3-5-18(6-4-16)33-19-7-9-27(10-8-19)22-13-23(32-2)26-14-21(22)25/h3-6,13-14,17,19-20H,7-12,15H2,1-2H3,(H,29,30)/t17-,20-/m1/s1. The SMILES string of the molecule is COc1cc(N2CCC(Oc3ccc(N4C[C@H](OC)C[C@@H]4CC(=O)O)cc3)CC2)c(Cl)cn1. The lowest BCUT2D eigenvalue weighted by molar-refractivity contribution is -0.137. The second kappa shape index (κ2) is 10.5. The zero-order valence-electron chi connectivity index (χ0n) is 18.9. The highest BCUT2D eigenvalue weighted by Crippen LogP contribution is 2.33. The van der Waals surface area contributed by atoms with Crippen LogP contribution in [0.25, 0.3) is 0 Å². The summed E-state index contributed by atoms with van der Waals surface area (Å²) in [5.74, 6) is 0.575. The number of halogens is 1. The molecular formula is C24H30ClN3O5. The first-order chi connectivity index (χ1) is 16.0. The van der Waals surface area contributed by atoms with Crippen LogP contribution in [-0.4, -0.2) is 68.2 Å². The molecule has 9 heteroatoms. The van der Waals surface area contributed by atoms with Crippen LogP contribution < -0.4 is 19.3 Å². The molecule has 0 unspecified atom stereocenters. The molecule has 0 bridgehead atoms. The molecule has 2 aromatic rings. The van der Waals surface area contributed by atoms with Crippen molar-refractivity contribution in [3.63, 3.8) is 0 Å². The Morgan fingerprint density at radius 2 is 1.91 bits per heavy atom. The largest absolute Gasteiger partial charge is 0.490 e. The molecule has 0 aliphatic carbocycles. The smallest absolute Gasteiger partial charge is 0.305 e. The molecule has 2 aliphatic heterocycles. The molecule has 4 rings (SSSR count). The van der Waals surface area contributed by atoms with Gasteiger partial charge in [-0.2, -0.15) is 0 Å². The Balaban J connectivity index is 1.34. The number of hydrogen-bond acceptors (Lipinski definition) is 7. The number of carbonyl (C=O) groups is 1. The van der Waals surface area contributed by atoms with Gasteiger partial charge in [-0.3, -0.25) is 4.79 Å². The molecule has 1 aromatic heterocycles. The Labute approximate surface area is 199 Å². The van der Waals surface area contributed by atoms with Crippen molar-refractivity contribution in [1.82, 2.24) is 4.98 Å². The second-order valence-electron chi connectivity index (χ2n) is 8.47. The number of nitrogens with zero attached hydrogens (tertiary/aromatic N) is 3. The van der Waals surface area contributed by atoms with Crippen molar-refractivity contribution in [1.29, 1.82) is 0 Å². The monoisotopic (exact) mass is 475 g/mol. The van der Waals surface area contributed by atoms with Crippen molar-refractivity contribution in [2.24, 2.45) is 0 Å². The fourth-order valence-corrected chi connectivity index (χ4v) is 4.87. The van der Waals surface area contributed by atoms with E-state index in [0.717, 1.165) is 43.1 Å². The third-order valence-electron chi connectivity index (χ3n) is 6.39. The van der Waals surface area contributed by atoms with Crippen LogP contribution in [0.3, 0.4) is 0 Å². The summed E-state index contributed by atoms with van der Waals surface area (Å²) >= 11 is 6.34. The summed E-state index contributed by atoms with van der Waals surface area (Å²) in [6, 6.07) is 9.73. The lowest BCUT2D eigenvalue weighted by Crippen LogP contribution is -2.38. The number of ether oxygens (including phenoxy) is 3. The highest BCUT2D eigenvalue weighted by atomic mass is 35.5. The molecule has 2 fully saturated rings. The van der Waals surface area contributed by atoms with Gasteiger partial charge in [0, 0.05) is 57.4 Å². The van der Waals surface area contributed by atoms with Crippen LogP contribution in [0.5, 0.6) is 11.6 Å². The van der Waals surface area contributed by atoms with E-state index in [1.807, 2.05) is 30.3 Å². The molecule has 2 aliphatic rings. The Kier molecular flexibility index (Phi) is 7.45. The highest BCUT2D eigenvalue weighted by molar-refractivity contribution is 6.33. The van der Waals surface area contributed by atoms with E-state index in [1.54, 1.807) is 20.4 Å². The fourth-order valence-electron chi connectivity index (χ4n) is 4.64. The van der Waals surface area contributed by atoms with E-state index in [2.05, 4.69) is 14.8 Å². The molecule has 8 nitrogen and oxygen atoms in total. The number of pyridine rings is 1. The molecular weight excluding hydrogens is 446 g/mol. The fraction of sp³-hybridized carbons (Fsp3) is 0.500. The molecule has 0 amide bonds. The van der Waals surface area contributed by atoms with Crippen LogP contribution in [0.2, 0.25) is 5.02 Å². The Hall–Kier alpha value is -2.71. The quantitative estimate of drug-likeness (QED) is 0.616. The summed E-state index contributed by atoms with van der Waals surface area (Å²) in [5.41, 5.74) is 1.92. The van der Waals surface area contributed by atoms with Gasteiger partial charge >= 0.3 is 5.97 Å². The van der Waals surface area contributed by atoms with E-state index in [9.17, 15) is 9.90 Å². The molecule has 0 spiro atoms. The summed E-state index contributed by atoms with van der Waals surface area (Å²) in [5, 5.41) is 9.86. The van der Waals surface area contributed by atoms with E-state index in [-0.39, 0.29) is 24.7 Å². The average molecular weight is 476 g/mol. The minimum Gasteiger partial charge on any atom is -0.490 e. The number of benzene rings is 1. The number of aliphatic carboxylic acids is 1. The topological polar surface area (TPSA) is 84.4 Å². The van der Waals surface area contributed by atoms with E-state index in [0.29, 0.717) is 23.9 Å². The first-order valence-corrected chi connectivity index (χ1v) is 11.6. The summed E-state index contributed by atoms with van der Waals surface area (Å²) < 4.78 is 16.9. The third-order valence-corrected chi connectivity index (χ3v) is 6.68. The predicted octanol–water partition coefficient (Wildman–Crippen LogP) is 3.86. The zero-order valence-corrected chi connectivity index (χ0v) is 19.7. The number of carboxylic acids is 1. The number of hydrogen-bond donors (Lipinski definition) is 1. The van der Waals surface area contributed by atoms with Crippen LogP contribution in [0, 0.1) is 0 Å². The molecule has 3 heterocycles. The first kappa shape index (κ1) is 23.4. The van der Waals surface area contributed by atoms with Crippen LogP contribution in [0.4, 0.5) is 11.4 Å². The third kappa shape index (κ3) is 5.62. The molecule has 178 valence electrons. The normalized spacial score (nSPS) is 21.3. The molecule has 0 radical (unpaired) electrons. The number of piperidine rings is 1. The van der Waals surface area contributed by atoms with Gasteiger partial charge in [0.05, 0.1) is 36.5 Å². The number of aromatic nitrogens is 1. The molecule has 1 N–H and O–H groups in total. The van der Waals surface area contributed by atoms with E-state index in [1.165, 1.54) is 0 Å². The molecule has 0 saturated carbocycles. The maximum Gasteiger partial charge on any atom is 0.305 e. The van der Waals surface area contributed by atoms with Gasteiger partial charge in [0.1, 0.15) is 11.9 Å². The summed E-state index contributed by atoms with van der Waals surface area (Å²) in [4.78, 5) is 19.8. The van der Waals surface area contributed by atoms with E-state index in [4.69, 9.17) is 25.8 Å². The summed E-state index contributed by atoms with van der Waals surface area (Å²) in [7, 11) is 3.27. The van der Waals surface area contributed by atoms with Crippen molar-refractivity contribution in [2.75, 3.05) is 43.7 Å². The Morgan fingerprint density at radius 1 is 1.18 bits per heavy atom.